The van der Waals surface area contributed by atoms with E-state index in [1.54, 1.807) is 23.3 Å². The maximum atomic E-state index is 13.0. The van der Waals surface area contributed by atoms with E-state index in [2.05, 4.69) is 21.1 Å². The molecule has 1 fully saturated rings. The lowest BCUT2D eigenvalue weighted by Crippen LogP contribution is -2.38. The van der Waals surface area contributed by atoms with Crippen LogP contribution in [0.1, 0.15) is 40.2 Å². The van der Waals surface area contributed by atoms with Crippen LogP contribution in [0.15, 0.2) is 61.2 Å². The molecule has 0 bridgehead atoms. The molecule has 7 nitrogen and oxygen atoms in total. The van der Waals surface area contributed by atoms with Gasteiger partial charge in [-0.15, -0.1) is 0 Å². The average Bonchev–Trinajstić information content (AvgIpc) is 3.48. The number of pyridine rings is 1. The van der Waals surface area contributed by atoms with Crippen LogP contribution in [0.5, 0.6) is 0 Å². The fourth-order valence-corrected chi connectivity index (χ4v) is 4.27. The molecule has 1 amide bonds. The lowest BCUT2D eigenvalue weighted by atomic mass is 9.85. The Kier molecular flexibility index (Phi) is 4.52. The standard InChI is InChI=1S/C23H20N6O/c24-12-17-13-26-22-20(6-9-25-22)21(17)16-7-10-28(11-8-16)23(30)18-14-27-29(15-18)19-4-2-1-3-5-19/h1-6,9,13-16H,7-8,10-11H2,(H,25,26). The smallest absolute Gasteiger partial charge is 0.257 e. The van der Waals surface area contributed by atoms with Gasteiger partial charge in [0.15, 0.2) is 0 Å². The van der Waals surface area contributed by atoms with Crippen molar-refractivity contribution >= 4 is 16.9 Å². The van der Waals surface area contributed by atoms with Gasteiger partial charge in [-0.05, 0) is 42.5 Å². The minimum Gasteiger partial charge on any atom is -0.346 e. The van der Waals surface area contributed by atoms with Crippen LogP contribution < -0.4 is 0 Å². The van der Waals surface area contributed by atoms with Gasteiger partial charge in [-0.1, -0.05) is 18.2 Å². The van der Waals surface area contributed by atoms with Crippen molar-refractivity contribution in [1.29, 1.82) is 5.26 Å². The number of fused-ring (bicyclic) bond motifs is 1. The van der Waals surface area contributed by atoms with Crippen molar-refractivity contribution in [2.75, 3.05) is 13.1 Å². The van der Waals surface area contributed by atoms with Gasteiger partial charge in [0.2, 0.25) is 0 Å². The Hall–Kier alpha value is -3.92. The third-order valence-electron chi connectivity index (χ3n) is 5.79. The minimum atomic E-state index is -0.00217. The first-order valence-corrected chi connectivity index (χ1v) is 10.00. The molecule has 1 aliphatic rings. The summed E-state index contributed by atoms with van der Waals surface area (Å²) in [5.41, 5.74) is 3.99. The zero-order valence-corrected chi connectivity index (χ0v) is 16.3. The number of amides is 1. The highest BCUT2D eigenvalue weighted by molar-refractivity contribution is 5.94. The van der Waals surface area contributed by atoms with E-state index in [9.17, 15) is 10.1 Å². The predicted molar refractivity (Wildman–Crippen MR) is 112 cm³/mol. The number of likely N-dealkylation sites (tertiary alicyclic amines) is 1. The van der Waals surface area contributed by atoms with Crippen LogP contribution in [0.4, 0.5) is 0 Å². The van der Waals surface area contributed by atoms with E-state index in [-0.39, 0.29) is 11.8 Å². The molecule has 4 heterocycles. The van der Waals surface area contributed by atoms with Crippen molar-refractivity contribution in [3.05, 3.63) is 77.9 Å². The lowest BCUT2D eigenvalue weighted by Gasteiger charge is -2.32. The highest BCUT2D eigenvalue weighted by atomic mass is 16.2. The quantitative estimate of drug-likeness (QED) is 0.572. The first-order chi connectivity index (χ1) is 14.7. The van der Waals surface area contributed by atoms with E-state index in [0.29, 0.717) is 24.2 Å². The van der Waals surface area contributed by atoms with Crippen molar-refractivity contribution in [2.24, 2.45) is 0 Å². The topological polar surface area (TPSA) is 90.6 Å². The maximum Gasteiger partial charge on any atom is 0.257 e. The number of nitriles is 1. The second-order valence-electron chi connectivity index (χ2n) is 7.51. The van der Waals surface area contributed by atoms with Crippen LogP contribution in [0.2, 0.25) is 0 Å². The number of carbonyl (C=O) groups excluding carboxylic acids is 1. The summed E-state index contributed by atoms with van der Waals surface area (Å²) in [6.07, 6.45) is 8.54. The molecule has 0 unspecified atom stereocenters. The fraction of sp³-hybridized carbons (Fsp3) is 0.217. The van der Waals surface area contributed by atoms with E-state index in [4.69, 9.17) is 0 Å². The summed E-state index contributed by atoms with van der Waals surface area (Å²) in [5, 5.41) is 14.9. The molecular formula is C23H20N6O. The second-order valence-corrected chi connectivity index (χ2v) is 7.51. The Labute approximate surface area is 173 Å². The number of aromatic nitrogens is 4. The SMILES string of the molecule is N#Cc1cnc2[nH]ccc2c1C1CCN(C(=O)c2cnn(-c3ccccc3)c2)CC1. The molecule has 0 atom stereocenters. The number of hydrogen-bond acceptors (Lipinski definition) is 4. The van der Waals surface area contributed by atoms with Crippen LogP contribution in [0.3, 0.4) is 0 Å². The minimum absolute atomic E-state index is 0.00217. The second kappa shape index (κ2) is 7.48. The van der Waals surface area contributed by atoms with Gasteiger partial charge in [0.25, 0.3) is 5.91 Å². The summed E-state index contributed by atoms with van der Waals surface area (Å²) in [6, 6.07) is 14.0. The summed E-state index contributed by atoms with van der Waals surface area (Å²) >= 11 is 0. The summed E-state index contributed by atoms with van der Waals surface area (Å²) in [5.74, 6) is 0.231. The molecule has 0 radical (unpaired) electrons. The van der Waals surface area contributed by atoms with Gasteiger partial charge in [-0.2, -0.15) is 10.4 Å². The zero-order chi connectivity index (χ0) is 20.5. The van der Waals surface area contributed by atoms with Crippen molar-refractivity contribution in [3.8, 4) is 11.8 Å². The van der Waals surface area contributed by atoms with Gasteiger partial charge in [0.05, 0.1) is 23.0 Å². The first kappa shape index (κ1) is 18.1. The lowest BCUT2D eigenvalue weighted by molar-refractivity contribution is 0.0713. The third kappa shape index (κ3) is 3.12. The number of nitrogens with one attached hydrogen (secondary N) is 1. The molecule has 1 N–H and O–H groups in total. The molecule has 0 saturated carbocycles. The van der Waals surface area contributed by atoms with Crippen molar-refractivity contribution < 1.29 is 4.79 Å². The van der Waals surface area contributed by atoms with Crippen LogP contribution in [0, 0.1) is 11.3 Å². The van der Waals surface area contributed by atoms with Crippen molar-refractivity contribution in [2.45, 2.75) is 18.8 Å². The predicted octanol–water partition coefficient (Wildman–Crippen LogP) is 3.64. The number of para-hydroxylation sites is 1. The van der Waals surface area contributed by atoms with Crippen LogP contribution in [-0.2, 0) is 0 Å². The highest BCUT2D eigenvalue weighted by Gasteiger charge is 2.28. The number of rotatable bonds is 3. The molecule has 0 spiro atoms. The Bertz CT molecular complexity index is 1240. The number of nitrogens with zero attached hydrogens (tertiary/aromatic N) is 5. The normalized spacial score (nSPS) is 14.7. The van der Waals surface area contributed by atoms with E-state index in [0.717, 1.165) is 35.1 Å². The highest BCUT2D eigenvalue weighted by Crippen LogP contribution is 2.35. The van der Waals surface area contributed by atoms with Crippen LogP contribution in [0.25, 0.3) is 16.7 Å². The largest absolute Gasteiger partial charge is 0.346 e. The number of H-pyrrole nitrogens is 1. The molecule has 5 rings (SSSR count). The molecular weight excluding hydrogens is 376 g/mol. The maximum absolute atomic E-state index is 13.0. The van der Waals surface area contributed by atoms with E-state index in [1.165, 1.54) is 0 Å². The summed E-state index contributed by atoms with van der Waals surface area (Å²) in [4.78, 5) is 22.3. The fourth-order valence-electron chi connectivity index (χ4n) is 4.27. The van der Waals surface area contributed by atoms with Crippen molar-refractivity contribution in [3.63, 3.8) is 0 Å². The summed E-state index contributed by atoms with van der Waals surface area (Å²) < 4.78 is 1.72. The van der Waals surface area contributed by atoms with E-state index in [1.807, 2.05) is 47.5 Å². The van der Waals surface area contributed by atoms with Gasteiger partial charge in [-0.25, -0.2) is 9.67 Å². The van der Waals surface area contributed by atoms with Crippen molar-refractivity contribution in [1.82, 2.24) is 24.6 Å². The van der Waals surface area contributed by atoms with Crippen LogP contribution in [-0.4, -0.2) is 43.6 Å². The number of hydrogen-bond donors (Lipinski definition) is 1. The van der Waals surface area contributed by atoms with Gasteiger partial charge < -0.3 is 9.88 Å². The number of benzene rings is 1. The Morgan fingerprint density at radius 3 is 2.70 bits per heavy atom. The molecule has 1 aliphatic heterocycles. The van der Waals surface area contributed by atoms with Gasteiger partial charge in [0.1, 0.15) is 11.7 Å². The first-order valence-electron chi connectivity index (χ1n) is 10.00. The number of carbonyl (C=O) groups is 1. The summed E-state index contributed by atoms with van der Waals surface area (Å²) in [7, 11) is 0. The van der Waals surface area contributed by atoms with E-state index < -0.39 is 0 Å². The van der Waals surface area contributed by atoms with E-state index >= 15 is 0 Å². The Morgan fingerprint density at radius 1 is 1.13 bits per heavy atom. The Balaban J connectivity index is 1.32. The molecule has 1 saturated heterocycles. The number of aromatic amines is 1. The average molecular weight is 396 g/mol. The molecule has 4 aromatic rings. The van der Waals surface area contributed by atoms with Gasteiger partial charge in [-0.3, -0.25) is 4.79 Å². The molecule has 7 heteroatoms. The molecule has 0 aliphatic carbocycles. The molecule has 148 valence electrons. The molecule has 30 heavy (non-hydrogen) atoms. The molecule has 3 aromatic heterocycles. The Morgan fingerprint density at radius 2 is 1.93 bits per heavy atom. The number of piperidine rings is 1. The summed E-state index contributed by atoms with van der Waals surface area (Å²) in [6.45, 7) is 1.30. The molecule has 1 aromatic carbocycles. The monoisotopic (exact) mass is 396 g/mol. The van der Waals surface area contributed by atoms with Gasteiger partial charge in [0, 0.05) is 37.1 Å². The van der Waals surface area contributed by atoms with Gasteiger partial charge >= 0.3 is 0 Å². The van der Waals surface area contributed by atoms with Crippen LogP contribution >= 0.6 is 0 Å². The third-order valence-corrected chi connectivity index (χ3v) is 5.79. The zero-order valence-electron chi connectivity index (χ0n) is 16.3.